The van der Waals surface area contributed by atoms with Gasteiger partial charge in [-0.05, 0) is 76.9 Å². The molecule has 1 fully saturated rings. The number of hydrogen-bond donors (Lipinski definition) is 4. The van der Waals surface area contributed by atoms with Crippen molar-refractivity contribution >= 4 is 34.4 Å². The normalized spacial score (nSPS) is 20.8. The second kappa shape index (κ2) is 14.4. The van der Waals surface area contributed by atoms with Crippen LogP contribution < -0.4 is 14.8 Å². The van der Waals surface area contributed by atoms with Gasteiger partial charge in [-0.3, -0.25) is 9.59 Å². The number of ether oxygens (including phenoxy) is 2. The minimum Gasteiger partial charge on any atom is -0.493 e. The molecule has 0 saturated heterocycles. The zero-order valence-electron chi connectivity index (χ0n) is 22.9. The molecule has 9 nitrogen and oxygen atoms in total. The molecule has 0 bridgehead atoms. The molecule has 0 spiro atoms. The highest BCUT2D eigenvalue weighted by Gasteiger charge is 2.42. The van der Waals surface area contributed by atoms with Gasteiger partial charge in [-0.15, -0.1) is 0 Å². The largest absolute Gasteiger partial charge is 0.493 e. The summed E-state index contributed by atoms with van der Waals surface area (Å²) in [6.07, 6.45) is 2.73. The van der Waals surface area contributed by atoms with Crippen molar-refractivity contribution in [3.8, 4) is 11.5 Å². The monoisotopic (exact) mass is 682 g/mol. The lowest BCUT2D eigenvalue weighted by Gasteiger charge is -2.41. The third-order valence-corrected chi connectivity index (χ3v) is 8.40. The van der Waals surface area contributed by atoms with E-state index in [-0.39, 0.29) is 44.5 Å². The Morgan fingerprint density at radius 3 is 2.46 bits per heavy atom. The highest BCUT2D eigenvalue weighted by atomic mass is 127. The molecular formula is C30H36FIN2O7. The average Bonchev–Trinajstić information content (AvgIpc) is 3.52. The number of aliphatic hydroxyl groups excluding tert-OH is 3. The Hall–Kier alpha value is -2.74. The van der Waals surface area contributed by atoms with Crippen LogP contribution in [0.5, 0.6) is 11.5 Å². The fourth-order valence-corrected chi connectivity index (χ4v) is 6.24. The molecule has 4 N–H and O–H groups in total. The van der Waals surface area contributed by atoms with Crippen molar-refractivity contribution in [2.24, 2.45) is 5.92 Å². The molecule has 0 radical (unpaired) electrons. The number of methoxy groups -OCH3 is 1. The van der Waals surface area contributed by atoms with Crippen molar-refractivity contribution in [1.82, 2.24) is 10.2 Å². The molecule has 2 aliphatic rings. The van der Waals surface area contributed by atoms with Crippen molar-refractivity contribution in [3.05, 3.63) is 68.6 Å². The van der Waals surface area contributed by atoms with E-state index in [4.69, 9.17) is 9.47 Å². The molecule has 2 amide bonds. The second-order valence-electron chi connectivity index (χ2n) is 10.4. The molecule has 41 heavy (non-hydrogen) atoms. The smallest absolute Gasteiger partial charge is 0.247 e. The number of aliphatic hydroxyl groups is 3. The number of carbonyl (C=O) groups is 2. The molecule has 0 heterocycles. The van der Waals surface area contributed by atoms with E-state index in [1.807, 2.05) is 0 Å². The van der Waals surface area contributed by atoms with Crippen LogP contribution >= 0.6 is 22.6 Å². The number of carbonyl (C=O) groups excluding carboxylic acids is 2. The minimum atomic E-state index is -1.21. The van der Waals surface area contributed by atoms with Gasteiger partial charge in [0.1, 0.15) is 18.0 Å². The van der Waals surface area contributed by atoms with E-state index in [0.29, 0.717) is 31.8 Å². The summed E-state index contributed by atoms with van der Waals surface area (Å²) in [5.41, 5.74) is 1.62. The first kappa shape index (κ1) is 31.2. The molecule has 1 saturated carbocycles. The zero-order valence-corrected chi connectivity index (χ0v) is 25.1. The van der Waals surface area contributed by atoms with Crippen molar-refractivity contribution < 1.29 is 38.8 Å². The third kappa shape index (κ3) is 7.56. The quantitative estimate of drug-likeness (QED) is 0.269. The summed E-state index contributed by atoms with van der Waals surface area (Å²) in [6, 6.07) is 8.41. The predicted molar refractivity (Wildman–Crippen MR) is 158 cm³/mol. The van der Waals surface area contributed by atoms with Gasteiger partial charge in [0.15, 0.2) is 11.5 Å². The summed E-state index contributed by atoms with van der Waals surface area (Å²) < 4.78 is 26.1. The third-order valence-electron chi connectivity index (χ3n) is 7.59. The lowest BCUT2D eigenvalue weighted by atomic mass is 9.87. The number of halogens is 2. The fourth-order valence-electron chi connectivity index (χ4n) is 5.45. The van der Waals surface area contributed by atoms with Crippen LogP contribution in [0.2, 0.25) is 0 Å². The summed E-state index contributed by atoms with van der Waals surface area (Å²) >= 11 is 2.05. The average molecular weight is 683 g/mol. The van der Waals surface area contributed by atoms with Gasteiger partial charge in [0.05, 0.1) is 29.9 Å². The molecule has 3 atom stereocenters. The molecule has 0 aliphatic heterocycles. The topological polar surface area (TPSA) is 129 Å². The Morgan fingerprint density at radius 2 is 1.83 bits per heavy atom. The first-order valence-corrected chi connectivity index (χ1v) is 14.8. The van der Waals surface area contributed by atoms with Gasteiger partial charge >= 0.3 is 0 Å². The Labute approximate surface area is 252 Å². The number of nitrogens with zero attached hydrogens (tertiary/aromatic N) is 1. The maximum atomic E-state index is 13.9. The van der Waals surface area contributed by atoms with Crippen molar-refractivity contribution in [1.29, 1.82) is 0 Å². The Balaban J connectivity index is 1.72. The van der Waals surface area contributed by atoms with E-state index in [2.05, 4.69) is 27.9 Å². The molecule has 222 valence electrons. The number of rotatable bonds is 11. The lowest BCUT2D eigenvalue weighted by molar-refractivity contribution is -0.143. The zero-order chi connectivity index (χ0) is 29.5. The molecule has 3 unspecified atom stereocenters. The number of benzene rings is 2. The number of hydrogen-bond acceptors (Lipinski definition) is 7. The van der Waals surface area contributed by atoms with E-state index in [1.165, 1.54) is 19.2 Å². The van der Waals surface area contributed by atoms with E-state index >= 15 is 0 Å². The summed E-state index contributed by atoms with van der Waals surface area (Å²) in [4.78, 5) is 28.6. The summed E-state index contributed by atoms with van der Waals surface area (Å²) in [5.74, 6) is -0.474. The highest BCUT2D eigenvalue weighted by molar-refractivity contribution is 14.1. The molecule has 11 heteroatoms. The van der Waals surface area contributed by atoms with Crippen LogP contribution in [0, 0.1) is 15.3 Å². The van der Waals surface area contributed by atoms with E-state index in [1.54, 1.807) is 35.2 Å². The van der Waals surface area contributed by atoms with Gasteiger partial charge in [-0.1, -0.05) is 25.0 Å². The Kier molecular flexibility index (Phi) is 11.0. The molecular weight excluding hydrogens is 646 g/mol. The van der Waals surface area contributed by atoms with Crippen LogP contribution in [-0.2, 0) is 22.7 Å². The predicted octanol–water partition coefficient (Wildman–Crippen LogP) is 3.07. The van der Waals surface area contributed by atoms with Gasteiger partial charge in [0, 0.05) is 31.0 Å². The SMILES string of the molecule is COc1cc(CO)cc(I)c1OC1C=C(C(=O)NCCO)CC(N(Cc2ccc(F)cc2)C(=O)C2CCCC2)C1O. The highest BCUT2D eigenvalue weighted by Crippen LogP contribution is 2.38. The van der Waals surface area contributed by atoms with E-state index < -0.39 is 30.0 Å². The fraction of sp³-hybridized carbons (Fsp3) is 0.467. The van der Waals surface area contributed by atoms with Gasteiger partial charge in [-0.2, -0.15) is 0 Å². The van der Waals surface area contributed by atoms with Crippen molar-refractivity contribution in [3.63, 3.8) is 0 Å². The van der Waals surface area contributed by atoms with Crippen molar-refractivity contribution in [2.75, 3.05) is 20.3 Å². The van der Waals surface area contributed by atoms with Crippen LogP contribution in [0.15, 0.2) is 48.0 Å². The van der Waals surface area contributed by atoms with E-state index in [9.17, 15) is 29.3 Å². The van der Waals surface area contributed by atoms with Crippen LogP contribution in [0.1, 0.15) is 43.2 Å². The molecule has 4 rings (SSSR count). The van der Waals surface area contributed by atoms with Crippen LogP contribution in [0.25, 0.3) is 0 Å². The Morgan fingerprint density at radius 1 is 1.12 bits per heavy atom. The molecule has 0 aromatic heterocycles. The summed E-state index contributed by atoms with van der Waals surface area (Å²) in [7, 11) is 1.47. The number of nitrogens with one attached hydrogen (secondary N) is 1. The maximum Gasteiger partial charge on any atom is 0.247 e. The van der Waals surface area contributed by atoms with Gasteiger partial charge in [0.2, 0.25) is 11.8 Å². The summed E-state index contributed by atoms with van der Waals surface area (Å²) in [5, 5.41) is 33.2. The van der Waals surface area contributed by atoms with Crippen LogP contribution in [0.3, 0.4) is 0 Å². The van der Waals surface area contributed by atoms with E-state index in [0.717, 1.165) is 25.7 Å². The number of amides is 2. The standard InChI is InChI=1S/C30H36FIN2O7/c1-40-26-13-19(17-36)12-23(32)28(26)41-25-15-21(29(38)33-10-11-35)14-24(27(25)37)34(30(39)20-4-2-3-5-20)16-18-6-8-22(31)9-7-18/h6-9,12-13,15,20,24-25,27,35-37H,2-5,10-11,14,16-17H2,1H3,(H,33,38). The molecule has 2 aromatic carbocycles. The Bertz CT molecular complexity index is 1250. The first-order valence-electron chi connectivity index (χ1n) is 13.7. The van der Waals surface area contributed by atoms with Crippen LogP contribution in [0.4, 0.5) is 4.39 Å². The van der Waals surface area contributed by atoms with Crippen LogP contribution in [-0.4, -0.2) is 70.5 Å². The lowest BCUT2D eigenvalue weighted by Crippen LogP contribution is -2.55. The van der Waals surface area contributed by atoms with Gasteiger partial charge < -0.3 is 35.0 Å². The maximum absolute atomic E-state index is 13.9. The van der Waals surface area contributed by atoms with Crippen molar-refractivity contribution in [2.45, 2.75) is 63.5 Å². The first-order chi connectivity index (χ1) is 19.7. The molecule has 2 aromatic rings. The minimum absolute atomic E-state index is 0.0452. The van der Waals surface area contributed by atoms with Gasteiger partial charge in [-0.25, -0.2) is 4.39 Å². The second-order valence-corrected chi connectivity index (χ2v) is 11.5. The van der Waals surface area contributed by atoms with Gasteiger partial charge in [0.25, 0.3) is 0 Å². The molecule has 2 aliphatic carbocycles. The summed E-state index contributed by atoms with van der Waals surface area (Å²) in [6.45, 7) is -0.267.